The Bertz CT molecular complexity index is 1130. The van der Waals surface area contributed by atoms with Crippen molar-refractivity contribution in [1.29, 1.82) is 0 Å². The number of aromatic amines is 1. The van der Waals surface area contributed by atoms with E-state index in [1.54, 1.807) is 36.7 Å². The highest BCUT2D eigenvalue weighted by Gasteiger charge is 2.15. The summed E-state index contributed by atoms with van der Waals surface area (Å²) in [5.74, 6) is -0.972. The third kappa shape index (κ3) is 2.67. The van der Waals surface area contributed by atoms with Crippen LogP contribution in [0.25, 0.3) is 21.8 Å². The maximum atomic E-state index is 12.6. The Morgan fingerprint density at radius 3 is 2.80 bits per heavy atom. The summed E-state index contributed by atoms with van der Waals surface area (Å²) in [5, 5.41) is 4.81. The number of rotatable bonds is 3. The van der Waals surface area contributed by atoms with Gasteiger partial charge in [0, 0.05) is 23.5 Å². The average molecular weight is 331 g/mol. The van der Waals surface area contributed by atoms with Gasteiger partial charge in [0.05, 0.1) is 11.1 Å². The molecule has 7 heteroatoms. The standard InChI is InChI=1S/C18H13N5O2/c19-16(24)17-22-14-3-1-2-13(15(14)23-17)18(25)21-12-5-4-11-9-20-7-6-10(11)8-12/h1-9H,(H2,19,24)(H,21,25)(H,22,23). The van der Waals surface area contributed by atoms with E-state index in [1.165, 1.54) is 0 Å². The van der Waals surface area contributed by atoms with Crippen molar-refractivity contribution < 1.29 is 9.59 Å². The van der Waals surface area contributed by atoms with E-state index in [1.807, 2.05) is 18.2 Å². The molecule has 25 heavy (non-hydrogen) atoms. The highest BCUT2D eigenvalue weighted by atomic mass is 16.2. The topological polar surface area (TPSA) is 114 Å². The number of H-pyrrole nitrogens is 1. The zero-order valence-corrected chi connectivity index (χ0v) is 13.0. The molecular formula is C18H13N5O2. The van der Waals surface area contributed by atoms with Gasteiger partial charge in [-0.1, -0.05) is 12.1 Å². The zero-order valence-electron chi connectivity index (χ0n) is 13.0. The first-order chi connectivity index (χ1) is 12.1. The molecule has 2 aromatic heterocycles. The van der Waals surface area contributed by atoms with Crippen molar-refractivity contribution in [3.8, 4) is 0 Å². The number of fused-ring (bicyclic) bond motifs is 2. The van der Waals surface area contributed by atoms with Gasteiger partial charge in [0.25, 0.3) is 11.8 Å². The molecule has 0 aliphatic carbocycles. The van der Waals surface area contributed by atoms with Crippen LogP contribution in [0.4, 0.5) is 5.69 Å². The van der Waals surface area contributed by atoms with Gasteiger partial charge in [0.2, 0.25) is 0 Å². The molecule has 0 saturated carbocycles. The molecule has 4 N–H and O–H groups in total. The number of benzene rings is 2. The third-order valence-electron chi connectivity index (χ3n) is 3.89. The molecule has 0 aliphatic heterocycles. The van der Waals surface area contributed by atoms with Gasteiger partial charge >= 0.3 is 0 Å². The van der Waals surface area contributed by atoms with E-state index in [4.69, 9.17) is 5.73 Å². The van der Waals surface area contributed by atoms with Crippen molar-refractivity contribution in [3.05, 3.63) is 66.2 Å². The summed E-state index contributed by atoms with van der Waals surface area (Å²) < 4.78 is 0. The Balaban J connectivity index is 1.70. The third-order valence-corrected chi connectivity index (χ3v) is 3.89. The average Bonchev–Trinajstić information content (AvgIpc) is 3.06. The first-order valence-electron chi connectivity index (χ1n) is 7.55. The summed E-state index contributed by atoms with van der Waals surface area (Å²) in [6.45, 7) is 0. The minimum absolute atomic E-state index is 0.0217. The van der Waals surface area contributed by atoms with Crippen molar-refractivity contribution >= 4 is 39.3 Å². The molecule has 0 bridgehead atoms. The van der Waals surface area contributed by atoms with Crippen LogP contribution in [-0.4, -0.2) is 26.8 Å². The normalized spacial score (nSPS) is 10.9. The summed E-state index contributed by atoms with van der Waals surface area (Å²) in [7, 11) is 0. The molecule has 4 aromatic rings. The van der Waals surface area contributed by atoms with Gasteiger partial charge < -0.3 is 16.0 Å². The highest BCUT2D eigenvalue weighted by molar-refractivity contribution is 6.12. The second-order valence-corrected chi connectivity index (χ2v) is 5.54. The van der Waals surface area contributed by atoms with Crippen LogP contribution in [0, 0.1) is 0 Å². The number of carbonyl (C=O) groups is 2. The summed E-state index contributed by atoms with van der Waals surface area (Å²) in [6.07, 6.45) is 3.46. The van der Waals surface area contributed by atoms with Crippen molar-refractivity contribution in [3.63, 3.8) is 0 Å². The van der Waals surface area contributed by atoms with Gasteiger partial charge in [0.1, 0.15) is 5.52 Å². The van der Waals surface area contributed by atoms with Gasteiger partial charge in [-0.25, -0.2) is 4.98 Å². The number of primary amides is 1. The molecule has 2 aromatic carbocycles. The summed E-state index contributed by atoms with van der Waals surface area (Å²) in [5.41, 5.74) is 7.23. The molecule has 0 unspecified atom stereocenters. The van der Waals surface area contributed by atoms with Crippen LogP contribution < -0.4 is 11.1 Å². The van der Waals surface area contributed by atoms with Gasteiger partial charge in [-0.05, 0) is 35.7 Å². The Kier molecular flexibility index (Phi) is 3.39. The number of nitrogens with two attached hydrogens (primary N) is 1. The van der Waals surface area contributed by atoms with E-state index in [0.29, 0.717) is 22.3 Å². The fraction of sp³-hybridized carbons (Fsp3) is 0. The van der Waals surface area contributed by atoms with Gasteiger partial charge in [-0.15, -0.1) is 0 Å². The molecular weight excluding hydrogens is 318 g/mol. The lowest BCUT2D eigenvalue weighted by atomic mass is 10.1. The van der Waals surface area contributed by atoms with Crippen molar-refractivity contribution in [1.82, 2.24) is 15.0 Å². The summed E-state index contributed by atoms with van der Waals surface area (Å²) in [4.78, 5) is 34.9. The first-order valence-corrected chi connectivity index (χ1v) is 7.55. The minimum Gasteiger partial charge on any atom is -0.363 e. The lowest BCUT2D eigenvalue weighted by molar-refractivity contribution is 0.0989. The van der Waals surface area contributed by atoms with Gasteiger partial charge in [-0.3, -0.25) is 14.6 Å². The maximum Gasteiger partial charge on any atom is 0.284 e. The van der Waals surface area contributed by atoms with E-state index in [9.17, 15) is 9.59 Å². The molecule has 7 nitrogen and oxygen atoms in total. The van der Waals surface area contributed by atoms with E-state index in [0.717, 1.165) is 10.8 Å². The predicted molar refractivity (Wildman–Crippen MR) is 94.3 cm³/mol. The molecule has 4 rings (SSSR count). The quantitative estimate of drug-likeness (QED) is 0.535. The lowest BCUT2D eigenvalue weighted by Crippen LogP contribution is -2.13. The first kappa shape index (κ1) is 14.8. The van der Waals surface area contributed by atoms with Crippen molar-refractivity contribution in [2.75, 3.05) is 5.32 Å². The van der Waals surface area contributed by atoms with Gasteiger partial charge in [-0.2, -0.15) is 0 Å². The molecule has 0 radical (unpaired) electrons. The fourth-order valence-electron chi connectivity index (χ4n) is 2.69. The number of imidazole rings is 1. The van der Waals surface area contributed by atoms with E-state index in [2.05, 4.69) is 20.3 Å². The molecule has 0 saturated heterocycles. The minimum atomic E-state index is -0.675. The lowest BCUT2D eigenvalue weighted by Gasteiger charge is -2.07. The second kappa shape index (κ2) is 5.72. The number of nitrogens with one attached hydrogen (secondary N) is 2. The SMILES string of the molecule is NC(=O)c1nc2c(C(=O)Nc3ccc4cnccc4c3)cccc2[nH]1. The van der Waals surface area contributed by atoms with Crippen molar-refractivity contribution in [2.24, 2.45) is 5.73 Å². The number of nitrogens with zero attached hydrogens (tertiary/aromatic N) is 2. The Morgan fingerprint density at radius 1 is 1.08 bits per heavy atom. The van der Waals surface area contributed by atoms with E-state index >= 15 is 0 Å². The van der Waals surface area contributed by atoms with E-state index in [-0.39, 0.29) is 11.7 Å². The highest BCUT2D eigenvalue weighted by Crippen LogP contribution is 2.21. The summed E-state index contributed by atoms with van der Waals surface area (Å²) in [6, 6.07) is 12.5. The smallest absolute Gasteiger partial charge is 0.284 e. The number of pyridine rings is 1. The Labute approximate surface area is 141 Å². The van der Waals surface area contributed by atoms with E-state index < -0.39 is 5.91 Å². The number of aromatic nitrogens is 3. The number of hydrogen-bond donors (Lipinski definition) is 3. The number of anilines is 1. The fourth-order valence-corrected chi connectivity index (χ4v) is 2.69. The maximum absolute atomic E-state index is 12.6. The van der Waals surface area contributed by atoms with Crippen LogP contribution in [0.3, 0.4) is 0 Å². The van der Waals surface area contributed by atoms with Crippen LogP contribution in [-0.2, 0) is 0 Å². The number of para-hydroxylation sites is 1. The van der Waals surface area contributed by atoms with Crippen LogP contribution in [0.2, 0.25) is 0 Å². The predicted octanol–water partition coefficient (Wildman–Crippen LogP) is 2.46. The van der Waals surface area contributed by atoms with Crippen molar-refractivity contribution in [2.45, 2.75) is 0 Å². The zero-order chi connectivity index (χ0) is 17.4. The van der Waals surface area contributed by atoms with Crippen LogP contribution >= 0.6 is 0 Å². The Morgan fingerprint density at radius 2 is 1.96 bits per heavy atom. The van der Waals surface area contributed by atoms with Crippen LogP contribution in [0.5, 0.6) is 0 Å². The van der Waals surface area contributed by atoms with Crippen LogP contribution in [0.1, 0.15) is 21.0 Å². The number of carbonyl (C=O) groups excluding carboxylic acids is 2. The molecule has 0 spiro atoms. The largest absolute Gasteiger partial charge is 0.363 e. The second-order valence-electron chi connectivity index (χ2n) is 5.54. The molecule has 2 heterocycles. The molecule has 0 atom stereocenters. The molecule has 0 fully saturated rings. The Hall–Kier alpha value is -3.74. The monoisotopic (exact) mass is 331 g/mol. The molecule has 0 aliphatic rings. The number of amides is 2. The molecule has 2 amide bonds. The number of hydrogen-bond acceptors (Lipinski definition) is 4. The van der Waals surface area contributed by atoms with Gasteiger partial charge in [0.15, 0.2) is 5.82 Å². The molecule has 122 valence electrons. The summed E-state index contributed by atoms with van der Waals surface area (Å²) >= 11 is 0. The van der Waals surface area contributed by atoms with Crippen LogP contribution in [0.15, 0.2) is 54.9 Å².